The Balaban J connectivity index is 2.84. The monoisotopic (exact) mass is 254 g/mol. The van der Waals surface area contributed by atoms with E-state index in [1.807, 2.05) is 6.26 Å². The molecule has 17 heavy (non-hydrogen) atoms. The lowest BCUT2D eigenvalue weighted by Crippen LogP contribution is -2.28. The summed E-state index contributed by atoms with van der Waals surface area (Å²) in [4.78, 5) is 13.8. The van der Waals surface area contributed by atoms with Gasteiger partial charge in [-0.3, -0.25) is 4.79 Å². The van der Waals surface area contributed by atoms with Crippen LogP contribution in [0.3, 0.4) is 0 Å². The summed E-state index contributed by atoms with van der Waals surface area (Å²) in [6.07, 6.45) is 2.02. The zero-order valence-corrected chi connectivity index (χ0v) is 11.2. The highest BCUT2D eigenvalue weighted by Crippen LogP contribution is 2.19. The fourth-order valence-electron chi connectivity index (χ4n) is 1.41. The normalized spacial score (nSPS) is 10.1. The van der Waals surface area contributed by atoms with Gasteiger partial charge in [0.05, 0.1) is 7.11 Å². The summed E-state index contributed by atoms with van der Waals surface area (Å²) in [5.74, 6) is 1.48. The first-order valence-electron chi connectivity index (χ1n) is 5.27. The van der Waals surface area contributed by atoms with Crippen LogP contribution in [0.5, 0.6) is 5.75 Å². The molecule has 1 amide bonds. The molecule has 5 heteroatoms. The van der Waals surface area contributed by atoms with Gasteiger partial charge < -0.3 is 15.4 Å². The first-order chi connectivity index (χ1) is 8.08. The van der Waals surface area contributed by atoms with Crippen molar-refractivity contribution in [2.24, 2.45) is 0 Å². The molecule has 0 aliphatic rings. The van der Waals surface area contributed by atoms with Crippen molar-refractivity contribution in [3.8, 4) is 5.75 Å². The highest BCUT2D eigenvalue weighted by atomic mass is 32.2. The summed E-state index contributed by atoms with van der Waals surface area (Å²) in [5.41, 5.74) is 6.81. The number of carbonyl (C=O) groups is 1. The second-order valence-electron chi connectivity index (χ2n) is 3.71. The minimum Gasteiger partial charge on any atom is -0.497 e. The van der Waals surface area contributed by atoms with Crippen LogP contribution >= 0.6 is 11.8 Å². The summed E-state index contributed by atoms with van der Waals surface area (Å²) in [6.45, 7) is 0.719. The number of hydrogen-bond donors (Lipinski definition) is 1. The van der Waals surface area contributed by atoms with Crippen LogP contribution < -0.4 is 10.5 Å². The van der Waals surface area contributed by atoms with Crippen LogP contribution in [0.4, 0.5) is 5.69 Å². The van der Waals surface area contributed by atoms with E-state index in [4.69, 9.17) is 10.5 Å². The van der Waals surface area contributed by atoms with Crippen LogP contribution in [0.2, 0.25) is 0 Å². The van der Waals surface area contributed by atoms with E-state index in [0.717, 1.165) is 12.3 Å². The third-order valence-corrected chi connectivity index (χ3v) is 2.98. The van der Waals surface area contributed by atoms with E-state index in [2.05, 4.69) is 0 Å². The number of ether oxygens (including phenoxy) is 1. The summed E-state index contributed by atoms with van der Waals surface area (Å²) in [5, 5.41) is 0. The topological polar surface area (TPSA) is 55.6 Å². The maximum absolute atomic E-state index is 12.1. The number of thioether (sulfide) groups is 1. The summed E-state index contributed by atoms with van der Waals surface area (Å²) in [6, 6.07) is 5.06. The van der Waals surface area contributed by atoms with Gasteiger partial charge >= 0.3 is 0 Å². The van der Waals surface area contributed by atoms with Crippen molar-refractivity contribution < 1.29 is 9.53 Å². The van der Waals surface area contributed by atoms with Gasteiger partial charge in [0, 0.05) is 36.7 Å². The predicted octanol–water partition coefficient (Wildman–Crippen LogP) is 1.71. The maximum Gasteiger partial charge on any atom is 0.253 e. The second kappa shape index (κ2) is 6.39. The van der Waals surface area contributed by atoms with E-state index in [1.165, 1.54) is 0 Å². The van der Waals surface area contributed by atoms with Gasteiger partial charge in [-0.2, -0.15) is 11.8 Å². The van der Waals surface area contributed by atoms with Crippen molar-refractivity contribution in [1.29, 1.82) is 0 Å². The van der Waals surface area contributed by atoms with Crippen molar-refractivity contribution in [2.45, 2.75) is 0 Å². The maximum atomic E-state index is 12.1. The zero-order valence-electron chi connectivity index (χ0n) is 10.4. The minimum absolute atomic E-state index is 0.0374. The molecule has 1 aromatic carbocycles. The Labute approximate surface area is 106 Å². The number of nitrogen functional groups attached to an aromatic ring is 1. The number of carbonyl (C=O) groups excluding carboxylic acids is 1. The number of amides is 1. The van der Waals surface area contributed by atoms with Crippen molar-refractivity contribution in [1.82, 2.24) is 4.90 Å². The van der Waals surface area contributed by atoms with E-state index in [0.29, 0.717) is 17.0 Å². The number of nitrogens with two attached hydrogens (primary N) is 1. The van der Waals surface area contributed by atoms with Gasteiger partial charge in [0.1, 0.15) is 5.75 Å². The van der Waals surface area contributed by atoms with Gasteiger partial charge in [-0.15, -0.1) is 0 Å². The average molecular weight is 254 g/mol. The summed E-state index contributed by atoms with van der Waals surface area (Å²) < 4.78 is 5.09. The molecule has 0 saturated heterocycles. The van der Waals surface area contributed by atoms with E-state index < -0.39 is 0 Å². The molecule has 1 rings (SSSR count). The van der Waals surface area contributed by atoms with Crippen LogP contribution in [0.25, 0.3) is 0 Å². The van der Waals surface area contributed by atoms with Gasteiger partial charge in [0.15, 0.2) is 0 Å². The number of methoxy groups -OCH3 is 1. The van der Waals surface area contributed by atoms with E-state index in [1.54, 1.807) is 49.0 Å². The molecule has 0 radical (unpaired) electrons. The minimum atomic E-state index is -0.0374. The Morgan fingerprint density at radius 3 is 2.76 bits per heavy atom. The van der Waals surface area contributed by atoms with Gasteiger partial charge in [-0.1, -0.05) is 0 Å². The molecule has 0 aliphatic heterocycles. The van der Waals surface area contributed by atoms with Crippen LogP contribution in [0.1, 0.15) is 10.4 Å². The highest BCUT2D eigenvalue weighted by Gasteiger charge is 2.12. The van der Waals surface area contributed by atoms with Crippen molar-refractivity contribution in [3.05, 3.63) is 23.8 Å². The lowest BCUT2D eigenvalue weighted by atomic mass is 10.1. The lowest BCUT2D eigenvalue weighted by Gasteiger charge is -2.17. The van der Waals surface area contributed by atoms with Gasteiger partial charge in [-0.05, 0) is 18.4 Å². The van der Waals surface area contributed by atoms with Gasteiger partial charge in [0.2, 0.25) is 0 Å². The smallest absolute Gasteiger partial charge is 0.253 e. The molecule has 0 atom stereocenters. The molecule has 2 N–H and O–H groups in total. The molecule has 0 aliphatic carbocycles. The Kier molecular flexibility index (Phi) is 5.15. The van der Waals surface area contributed by atoms with Crippen LogP contribution in [0.15, 0.2) is 18.2 Å². The van der Waals surface area contributed by atoms with Crippen molar-refractivity contribution in [3.63, 3.8) is 0 Å². The molecule has 0 heterocycles. The Morgan fingerprint density at radius 2 is 2.18 bits per heavy atom. The molecule has 1 aromatic rings. The van der Waals surface area contributed by atoms with Crippen LogP contribution in [-0.2, 0) is 0 Å². The quantitative estimate of drug-likeness (QED) is 0.813. The lowest BCUT2D eigenvalue weighted by molar-refractivity contribution is 0.0803. The molecule has 0 bridgehead atoms. The fraction of sp³-hybridized carbons (Fsp3) is 0.417. The largest absolute Gasteiger partial charge is 0.497 e. The molecule has 0 fully saturated rings. The van der Waals surface area contributed by atoms with E-state index in [9.17, 15) is 4.79 Å². The first-order valence-corrected chi connectivity index (χ1v) is 6.67. The molecular weight excluding hydrogens is 236 g/mol. The molecule has 94 valence electrons. The van der Waals surface area contributed by atoms with Crippen LogP contribution in [0, 0.1) is 0 Å². The number of benzene rings is 1. The van der Waals surface area contributed by atoms with E-state index >= 15 is 0 Å². The number of nitrogens with zero attached hydrogens (tertiary/aromatic N) is 1. The van der Waals surface area contributed by atoms with Crippen molar-refractivity contribution >= 4 is 23.4 Å². The zero-order chi connectivity index (χ0) is 12.8. The Morgan fingerprint density at radius 1 is 1.47 bits per heavy atom. The molecule has 0 unspecified atom stereocenters. The van der Waals surface area contributed by atoms with Gasteiger partial charge in [0.25, 0.3) is 5.91 Å². The molecular formula is C12H18N2O2S. The third kappa shape index (κ3) is 3.85. The number of rotatable bonds is 5. The SMILES string of the molecule is COc1cc(N)cc(C(=O)N(C)CCSC)c1. The number of hydrogen-bond acceptors (Lipinski definition) is 4. The fourth-order valence-corrected chi connectivity index (χ4v) is 1.87. The van der Waals surface area contributed by atoms with E-state index in [-0.39, 0.29) is 5.91 Å². The standard InChI is InChI=1S/C12H18N2O2S/c1-14(4-5-17-3)12(15)9-6-10(13)8-11(7-9)16-2/h6-8H,4-5,13H2,1-3H3. The molecule has 0 aromatic heterocycles. The van der Waals surface area contributed by atoms with Crippen molar-refractivity contribution in [2.75, 3.05) is 38.4 Å². The summed E-state index contributed by atoms with van der Waals surface area (Å²) in [7, 11) is 3.34. The second-order valence-corrected chi connectivity index (χ2v) is 4.70. The predicted molar refractivity (Wildman–Crippen MR) is 72.7 cm³/mol. The third-order valence-electron chi connectivity index (χ3n) is 2.39. The number of anilines is 1. The highest BCUT2D eigenvalue weighted by molar-refractivity contribution is 7.98. The Hall–Kier alpha value is -1.36. The van der Waals surface area contributed by atoms with Gasteiger partial charge in [-0.25, -0.2) is 0 Å². The molecule has 0 spiro atoms. The first kappa shape index (κ1) is 13.7. The molecule has 4 nitrogen and oxygen atoms in total. The Bertz CT molecular complexity index is 396. The summed E-state index contributed by atoms with van der Waals surface area (Å²) >= 11 is 1.71. The average Bonchev–Trinajstić information content (AvgIpc) is 2.34. The molecule has 0 saturated carbocycles. The van der Waals surface area contributed by atoms with Crippen LogP contribution in [-0.4, -0.2) is 43.5 Å².